The summed E-state index contributed by atoms with van der Waals surface area (Å²) in [6.07, 6.45) is 0. The third kappa shape index (κ3) is 3.72. The summed E-state index contributed by atoms with van der Waals surface area (Å²) < 4.78 is 0. The molecule has 4 rings (SSSR count). The number of nitrogens with zero attached hydrogens (tertiary/aromatic N) is 2. The van der Waals surface area contributed by atoms with E-state index >= 15 is 0 Å². The number of hydrogen-bond donors (Lipinski definition) is 1. The van der Waals surface area contributed by atoms with Crippen molar-refractivity contribution in [2.24, 2.45) is 0 Å². The van der Waals surface area contributed by atoms with Crippen LogP contribution in [0.25, 0.3) is 5.57 Å². The molecule has 1 aliphatic rings. The number of amides is 2. The Kier molecular flexibility index (Phi) is 5.14. The monoisotopic (exact) mass is 407 g/mol. The quantitative estimate of drug-likeness (QED) is 0.626. The minimum atomic E-state index is -0.426. The molecule has 5 nitrogen and oxygen atoms in total. The average molecular weight is 407 g/mol. The van der Waals surface area contributed by atoms with Crippen molar-refractivity contribution in [3.63, 3.8) is 0 Å². The number of nitriles is 1. The first kappa shape index (κ1) is 20.1. The normalized spacial score (nSPS) is 13.5. The summed E-state index contributed by atoms with van der Waals surface area (Å²) in [5, 5.41) is 12.3. The van der Waals surface area contributed by atoms with Crippen LogP contribution in [0.2, 0.25) is 0 Å². The van der Waals surface area contributed by atoms with E-state index in [1.165, 1.54) is 0 Å². The van der Waals surface area contributed by atoms with Crippen LogP contribution < -0.4 is 10.2 Å². The van der Waals surface area contributed by atoms with E-state index in [0.717, 1.165) is 27.3 Å². The van der Waals surface area contributed by atoms with Gasteiger partial charge >= 0.3 is 0 Å². The second-order valence-electron chi connectivity index (χ2n) is 7.66. The molecule has 5 heteroatoms. The van der Waals surface area contributed by atoms with E-state index < -0.39 is 11.8 Å². The maximum atomic E-state index is 13.4. The van der Waals surface area contributed by atoms with E-state index in [4.69, 9.17) is 5.26 Å². The number of benzene rings is 3. The number of nitrogens with one attached hydrogen (secondary N) is 1. The Bertz CT molecular complexity index is 1260. The van der Waals surface area contributed by atoms with Crippen molar-refractivity contribution >= 4 is 28.8 Å². The van der Waals surface area contributed by atoms with E-state index in [2.05, 4.69) is 5.32 Å². The van der Waals surface area contributed by atoms with Gasteiger partial charge in [0.1, 0.15) is 5.70 Å². The lowest BCUT2D eigenvalue weighted by Gasteiger charge is -2.16. The molecule has 0 bridgehead atoms. The van der Waals surface area contributed by atoms with Crippen molar-refractivity contribution in [1.29, 1.82) is 5.26 Å². The fourth-order valence-electron chi connectivity index (χ4n) is 3.64. The molecule has 0 radical (unpaired) electrons. The molecule has 0 unspecified atom stereocenters. The number of hydrogen-bond acceptors (Lipinski definition) is 4. The van der Waals surface area contributed by atoms with Gasteiger partial charge < -0.3 is 5.32 Å². The smallest absolute Gasteiger partial charge is 0.282 e. The number of rotatable bonds is 4. The highest BCUT2D eigenvalue weighted by Crippen LogP contribution is 2.34. The van der Waals surface area contributed by atoms with Gasteiger partial charge in [-0.05, 0) is 62.2 Å². The largest absolute Gasteiger partial charge is 0.350 e. The highest BCUT2D eigenvalue weighted by atomic mass is 16.2. The maximum absolute atomic E-state index is 13.4. The third-order valence-corrected chi connectivity index (χ3v) is 5.32. The van der Waals surface area contributed by atoms with Crippen LogP contribution in [0.5, 0.6) is 0 Å². The molecule has 0 fully saturated rings. The van der Waals surface area contributed by atoms with Crippen LogP contribution in [0, 0.1) is 32.1 Å². The van der Waals surface area contributed by atoms with Crippen LogP contribution >= 0.6 is 0 Å². The lowest BCUT2D eigenvalue weighted by atomic mass is 10.0. The first-order chi connectivity index (χ1) is 14.9. The first-order valence-electron chi connectivity index (χ1n) is 9.93. The predicted octanol–water partition coefficient (Wildman–Crippen LogP) is 4.88. The molecule has 152 valence electrons. The standard InChI is InChI=1S/C26H21N3O2/c1-16-4-9-20(10-5-16)23-24(28-22-13-6-17(2)14-18(22)3)26(31)29(25(23)30)21-11-7-19(15-27)8-12-21/h4-14,28H,1-3H3. The van der Waals surface area contributed by atoms with Crippen LogP contribution in [0.4, 0.5) is 11.4 Å². The van der Waals surface area contributed by atoms with Crippen molar-refractivity contribution < 1.29 is 9.59 Å². The van der Waals surface area contributed by atoms with E-state index in [9.17, 15) is 9.59 Å². The van der Waals surface area contributed by atoms with Crippen LogP contribution in [0.15, 0.2) is 72.4 Å². The SMILES string of the molecule is Cc1ccc(C2=C(Nc3ccc(C)cc3C)C(=O)N(c3ccc(C#N)cc3)C2=O)cc1. The second kappa shape index (κ2) is 7.92. The van der Waals surface area contributed by atoms with Gasteiger partial charge in [0.25, 0.3) is 11.8 Å². The van der Waals surface area contributed by atoms with Crippen molar-refractivity contribution in [2.45, 2.75) is 20.8 Å². The molecular weight excluding hydrogens is 386 g/mol. The van der Waals surface area contributed by atoms with Crippen molar-refractivity contribution in [2.75, 3.05) is 10.2 Å². The zero-order valence-corrected chi connectivity index (χ0v) is 17.6. The number of carbonyl (C=O) groups is 2. The Morgan fingerprint density at radius 2 is 1.45 bits per heavy atom. The maximum Gasteiger partial charge on any atom is 0.282 e. The molecule has 1 aliphatic heterocycles. The number of anilines is 2. The van der Waals surface area contributed by atoms with Crippen molar-refractivity contribution in [3.8, 4) is 6.07 Å². The second-order valence-corrected chi connectivity index (χ2v) is 7.66. The van der Waals surface area contributed by atoms with Crippen LogP contribution in [0.3, 0.4) is 0 Å². The summed E-state index contributed by atoms with van der Waals surface area (Å²) in [6, 6.07) is 21.9. The fourth-order valence-corrected chi connectivity index (χ4v) is 3.64. The minimum Gasteiger partial charge on any atom is -0.350 e. The third-order valence-electron chi connectivity index (χ3n) is 5.32. The highest BCUT2D eigenvalue weighted by molar-refractivity contribution is 6.46. The fraction of sp³-hybridized carbons (Fsp3) is 0.115. The van der Waals surface area contributed by atoms with Crippen molar-refractivity contribution in [1.82, 2.24) is 0 Å². The summed E-state index contributed by atoms with van der Waals surface area (Å²) in [5.41, 5.74) is 6.06. The minimum absolute atomic E-state index is 0.241. The molecule has 0 aliphatic carbocycles. The van der Waals surface area contributed by atoms with Gasteiger partial charge in [-0.3, -0.25) is 9.59 Å². The zero-order chi connectivity index (χ0) is 22.1. The Morgan fingerprint density at radius 3 is 2.06 bits per heavy atom. The number of aryl methyl sites for hydroxylation is 3. The molecule has 1 heterocycles. The van der Waals surface area contributed by atoms with Gasteiger partial charge in [0.15, 0.2) is 0 Å². The van der Waals surface area contributed by atoms with E-state index in [0.29, 0.717) is 22.4 Å². The Morgan fingerprint density at radius 1 is 0.806 bits per heavy atom. The summed E-state index contributed by atoms with van der Waals surface area (Å²) >= 11 is 0. The molecular formula is C26H21N3O2. The molecule has 0 atom stereocenters. The lowest BCUT2D eigenvalue weighted by Crippen LogP contribution is -2.32. The predicted molar refractivity (Wildman–Crippen MR) is 121 cm³/mol. The molecule has 0 spiro atoms. The summed E-state index contributed by atoms with van der Waals surface area (Å²) in [6.45, 7) is 5.93. The molecule has 0 saturated heterocycles. The number of imide groups is 1. The van der Waals surface area contributed by atoms with E-state index in [-0.39, 0.29) is 5.70 Å². The molecule has 3 aromatic rings. The average Bonchev–Trinajstić information content (AvgIpc) is 3.00. The highest BCUT2D eigenvalue weighted by Gasteiger charge is 2.40. The molecule has 31 heavy (non-hydrogen) atoms. The summed E-state index contributed by atoms with van der Waals surface area (Å²) in [4.78, 5) is 28.0. The molecule has 0 saturated carbocycles. The Hall–Kier alpha value is -4.17. The Labute approximate surface area is 181 Å². The van der Waals surface area contributed by atoms with Gasteiger partial charge in [0.2, 0.25) is 0 Å². The number of carbonyl (C=O) groups excluding carboxylic acids is 2. The van der Waals surface area contributed by atoms with Gasteiger partial charge in [-0.2, -0.15) is 5.26 Å². The molecule has 1 N–H and O–H groups in total. The first-order valence-corrected chi connectivity index (χ1v) is 9.93. The van der Waals surface area contributed by atoms with Gasteiger partial charge in [0, 0.05) is 5.69 Å². The summed E-state index contributed by atoms with van der Waals surface area (Å²) in [7, 11) is 0. The molecule has 3 aromatic carbocycles. The van der Waals surface area contributed by atoms with Crippen LogP contribution in [-0.4, -0.2) is 11.8 Å². The molecule has 2 amide bonds. The molecule has 0 aromatic heterocycles. The van der Waals surface area contributed by atoms with Crippen LogP contribution in [0.1, 0.15) is 27.8 Å². The van der Waals surface area contributed by atoms with Gasteiger partial charge in [0.05, 0.1) is 22.9 Å². The van der Waals surface area contributed by atoms with Crippen LogP contribution in [-0.2, 0) is 9.59 Å². The zero-order valence-electron chi connectivity index (χ0n) is 17.6. The van der Waals surface area contributed by atoms with E-state index in [1.54, 1.807) is 24.3 Å². The van der Waals surface area contributed by atoms with E-state index in [1.807, 2.05) is 69.3 Å². The van der Waals surface area contributed by atoms with Crippen molar-refractivity contribution in [3.05, 3.63) is 100 Å². The van der Waals surface area contributed by atoms with Gasteiger partial charge in [-0.1, -0.05) is 47.5 Å². The Balaban J connectivity index is 1.82. The lowest BCUT2D eigenvalue weighted by molar-refractivity contribution is -0.120. The summed E-state index contributed by atoms with van der Waals surface area (Å²) in [5.74, 6) is -0.823. The van der Waals surface area contributed by atoms with Gasteiger partial charge in [-0.15, -0.1) is 0 Å². The topological polar surface area (TPSA) is 73.2 Å². The van der Waals surface area contributed by atoms with Gasteiger partial charge in [-0.25, -0.2) is 4.90 Å².